The van der Waals surface area contributed by atoms with E-state index in [1.807, 2.05) is 23.9 Å². The van der Waals surface area contributed by atoms with Crippen molar-refractivity contribution in [1.82, 2.24) is 14.3 Å². The van der Waals surface area contributed by atoms with Gasteiger partial charge >= 0.3 is 0 Å². The third-order valence-electron chi connectivity index (χ3n) is 4.99. The van der Waals surface area contributed by atoms with Crippen molar-refractivity contribution in [3.8, 4) is 5.82 Å². The van der Waals surface area contributed by atoms with Gasteiger partial charge in [-0.15, -0.1) is 0 Å². The fraction of sp³-hybridized carbons (Fsp3) is 0.421. The van der Waals surface area contributed by atoms with Gasteiger partial charge in [-0.2, -0.15) is 5.10 Å². The van der Waals surface area contributed by atoms with Gasteiger partial charge in [0.15, 0.2) is 0 Å². The summed E-state index contributed by atoms with van der Waals surface area (Å²) in [6, 6.07) is 8.19. The molecule has 0 spiro atoms. The lowest BCUT2D eigenvalue weighted by Crippen LogP contribution is -2.06. The van der Waals surface area contributed by atoms with Crippen LogP contribution < -0.4 is 0 Å². The smallest absolute Gasteiger partial charge is 0.138 e. The van der Waals surface area contributed by atoms with Crippen LogP contribution in [-0.2, 0) is 7.05 Å². The molecule has 2 aromatic heterocycles. The Labute approximate surface area is 141 Å². The highest BCUT2D eigenvalue weighted by Crippen LogP contribution is 2.41. The molecule has 1 atom stereocenters. The zero-order valence-corrected chi connectivity index (χ0v) is 14.6. The molecule has 1 aliphatic rings. The normalized spacial score (nSPS) is 16.2. The average Bonchev–Trinajstić information content (AvgIpc) is 3.13. The average molecular weight is 328 g/mol. The van der Waals surface area contributed by atoms with Gasteiger partial charge in [0.25, 0.3) is 0 Å². The Hall–Kier alpha value is -1.74. The summed E-state index contributed by atoms with van der Waals surface area (Å²) in [5.41, 5.74) is 3.70. The van der Waals surface area contributed by atoms with Crippen LogP contribution >= 0.6 is 11.6 Å². The van der Waals surface area contributed by atoms with Gasteiger partial charge < -0.3 is 4.57 Å². The molecular formula is C19H22ClN3. The summed E-state index contributed by atoms with van der Waals surface area (Å²) < 4.78 is 4.27. The zero-order chi connectivity index (χ0) is 16.1. The first kappa shape index (κ1) is 14.8. The van der Waals surface area contributed by atoms with Gasteiger partial charge in [0, 0.05) is 29.2 Å². The first-order valence-corrected chi connectivity index (χ1v) is 8.73. The number of hydrogen-bond acceptors (Lipinski definition) is 1. The third kappa shape index (κ3) is 2.57. The van der Waals surface area contributed by atoms with Crippen molar-refractivity contribution in [2.75, 3.05) is 0 Å². The lowest BCUT2D eigenvalue weighted by Gasteiger charge is -2.15. The van der Waals surface area contributed by atoms with Crippen LogP contribution in [0.15, 0.2) is 30.5 Å². The predicted octanol–water partition coefficient (Wildman–Crippen LogP) is 5.23. The Balaban J connectivity index is 1.86. The SMILES string of the molecule is Cc1nn(C)c(-n2ccc3cc(Cl)ccc32)c1C(C)CC1CC1. The van der Waals surface area contributed by atoms with Gasteiger partial charge in [-0.1, -0.05) is 31.4 Å². The summed E-state index contributed by atoms with van der Waals surface area (Å²) in [7, 11) is 2.04. The monoisotopic (exact) mass is 327 g/mol. The van der Waals surface area contributed by atoms with Crippen molar-refractivity contribution in [2.24, 2.45) is 13.0 Å². The predicted molar refractivity (Wildman–Crippen MR) is 95.5 cm³/mol. The number of aryl methyl sites for hydroxylation is 2. The molecule has 0 radical (unpaired) electrons. The molecule has 3 aromatic rings. The number of nitrogens with zero attached hydrogens (tertiary/aromatic N) is 3. The quantitative estimate of drug-likeness (QED) is 0.643. The van der Waals surface area contributed by atoms with E-state index in [9.17, 15) is 0 Å². The molecule has 4 heteroatoms. The Morgan fingerprint density at radius 3 is 2.83 bits per heavy atom. The Bertz CT molecular complexity index is 870. The number of benzene rings is 1. The fourth-order valence-electron chi connectivity index (χ4n) is 3.79. The highest BCUT2D eigenvalue weighted by molar-refractivity contribution is 6.31. The minimum absolute atomic E-state index is 0.538. The van der Waals surface area contributed by atoms with Gasteiger partial charge in [0.2, 0.25) is 0 Å². The summed E-state index contributed by atoms with van der Waals surface area (Å²) in [4.78, 5) is 0. The molecule has 1 aliphatic carbocycles. The maximum Gasteiger partial charge on any atom is 0.138 e. The number of fused-ring (bicyclic) bond motifs is 1. The maximum atomic E-state index is 6.13. The molecule has 0 saturated heterocycles. The number of aromatic nitrogens is 3. The van der Waals surface area contributed by atoms with Crippen molar-refractivity contribution in [3.63, 3.8) is 0 Å². The second kappa shape index (κ2) is 5.41. The van der Waals surface area contributed by atoms with E-state index in [0.717, 1.165) is 22.0 Å². The molecule has 120 valence electrons. The standard InChI is InChI=1S/C19H22ClN3/c1-12(10-14-4-5-14)18-13(2)21-22(3)19(18)23-9-8-15-11-16(20)6-7-17(15)23/h6-9,11-12,14H,4-5,10H2,1-3H3. The Morgan fingerprint density at radius 1 is 1.30 bits per heavy atom. The summed E-state index contributed by atoms with van der Waals surface area (Å²) in [5.74, 6) is 2.64. The molecule has 1 unspecified atom stereocenters. The molecule has 0 N–H and O–H groups in total. The Kier molecular flexibility index (Phi) is 3.49. The van der Waals surface area contributed by atoms with Gasteiger partial charge in [-0.3, -0.25) is 4.68 Å². The van der Waals surface area contributed by atoms with E-state index in [0.29, 0.717) is 5.92 Å². The van der Waals surface area contributed by atoms with Crippen molar-refractivity contribution in [2.45, 2.75) is 39.0 Å². The number of hydrogen-bond donors (Lipinski definition) is 0. The topological polar surface area (TPSA) is 22.8 Å². The number of rotatable bonds is 4. The van der Waals surface area contributed by atoms with Crippen molar-refractivity contribution in [3.05, 3.63) is 46.7 Å². The van der Waals surface area contributed by atoms with Crippen LogP contribution in [0.2, 0.25) is 5.02 Å². The molecule has 3 nitrogen and oxygen atoms in total. The molecule has 0 bridgehead atoms. The van der Waals surface area contributed by atoms with E-state index in [-0.39, 0.29) is 0 Å². The van der Waals surface area contributed by atoms with E-state index in [2.05, 4.69) is 36.7 Å². The zero-order valence-electron chi connectivity index (χ0n) is 13.9. The second-order valence-electron chi connectivity index (χ2n) is 6.92. The third-order valence-corrected chi connectivity index (χ3v) is 5.23. The fourth-order valence-corrected chi connectivity index (χ4v) is 3.98. The van der Waals surface area contributed by atoms with Gasteiger partial charge in [0.1, 0.15) is 5.82 Å². The highest BCUT2D eigenvalue weighted by Gasteiger charge is 2.28. The summed E-state index contributed by atoms with van der Waals surface area (Å²) in [6.07, 6.45) is 6.18. The van der Waals surface area contributed by atoms with Crippen LogP contribution in [0.25, 0.3) is 16.7 Å². The van der Waals surface area contributed by atoms with Crippen LogP contribution in [0.3, 0.4) is 0 Å². The minimum Gasteiger partial charge on any atom is -0.301 e. The molecule has 2 heterocycles. The van der Waals surface area contributed by atoms with E-state index in [1.54, 1.807) is 0 Å². The molecule has 0 aliphatic heterocycles. The molecule has 4 rings (SSSR count). The summed E-state index contributed by atoms with van der Waals surface area (Å²) >= 11 is 6.13. The van der Waals surface area contributed by atoms with Crippen LogP contribution in [0.5, 0.6) is 0 Å². The van der Waals surface area contributed by atoms with Crippen molar-refractivity contribution < 1.29 is 0 Å². The summed E-state index contributed by atoms with van der Waals surface area (Å²) in [6.45, 7) is 4.47. The molecule has 1 saturated carbocycles. The van der Waals surface area contributed by atoms with Crippen LogP contribution in [0.1, 0.15) is 43.4 Å². The first-order chi connectivity index (χ1) is 11.0. The van der Waals surface area contributed by atoms with Crippen LogP contribution in [0, 0.1) is 12.8 Å². The Morgan fingerprint density at radius 2 is 2.09 bits per heavy atom. The second-order valence-corrected chi connectivity index (χ2v) is 7.35. The molecule has 23 heavy (non-hydrogen) atoms. The number of halogens is 1. The van der Waals surface area contributed by atoms with Gasteiger partial charge in [-0.25, -0.2) is 0 Å². The first-order valence-electron chi connectivity index (χ1n) is 8.35. The van der Waals surface area contributed by atoms with E-state index in [4.69, 9.17) is 16.7 Å². The maximum absolute atomic E-state index is 6.13. The van der Waals surface area contributed by atoms with Crippen molar-refractivity contribution >= 4 is 22.5 Å². The molecule has 1 fully saturated rings. The van der Waals surface area contributed by atoms with E-state index >= 15 is 0 Å². The minimum atomic E-state index is 0.538. The molecular weight excluding hydrogens is 306 g/mol. The molecule has 1 aromatic carbocycles. The lowest BCUT2D eigenvalue weighted by atomic mass is 9.95. The van der Waals surface area contributed by atoms with Crippen LogP contribution in [-0.4, -0.2) is 14.3 Å². The molecule has 0 amide bonds. The largest absolute Gasteiger partial charge is 0.301 e. The van der Waals surface area contributed by atoms with E-state index in [1.165, 1.54) is 36.2 Å². The lowest BCUT2D eigenvalue weighted by molar-refractivity contribution is 0.613. The van der Waals surface area contributed by atoms with Gasteiger partial charge in [0.05, 0.1) is 11.2 Å². The summed E-state index contributed by atoms with van der Waals surface area (Å²) in [5, 5.41) is 6.65. The van der Waals surface area contributed by atoms with Crippen molar-refractivity contribution in [1.29, 1.82) is 0 Å². The van der Waals surface area contributed by atoms with E-state index < -0.39 is 0 Å². The van der Waals surface area contributed by atoms with Gasteiger partial charge in [-0.05, 0) is 49.4 Å². The highest BCUT2D eigenvalue weighted by atomic mass is 35.5. The van der Waals surface area contributed by atoms with Crippen LogP contribution in [0.4, 0.5) is 0 Å².